The van der Waals surface area contributed by atoms with Crippen molar-refractivity contribution in [2.45, 2.75) is 148 Å². The summed E-state index contributed by atoms with van der Waals surface area (Å²) in [6, 6.07) is 0. The molecule has 0 aromatic carbocycles. The Hall–Kier alpha value is -2.23. The van der Waals surface area contributed by atoms with Gasteiger partial charge in [-0.15, -0.1) is 0 Å². The Kier molecular flexibility index (Phi) is 14.9. The molecule has 2 bridgehead atoms. The number of ether oxygens (including phenoxy) is 9. The van der Waals surface area contributed by atoms with Crippen LogP contribution < -0.4 is 0 Å². The summed E-state index contributed by atoms with van der Waals surface area (Å²) in [6.45, 7) is 15.0. The molecule has 0 amide bonds. The van der Waals surface area contributed by atoms with Crippen molar-refractivity contribution >= 4 is 5.97 Å². The zero-order valence-electron chi connectivity index (χ0n) is 34.5. The van der Waals surface area contributed by atoms with Gasteiger partial charge in [0.1, 0.15) is 25.1 Å². The van der Waals surface area contributed by atoms with Crippen LogP contribution in [0, 0.1) is 29.6 Å². The summed E-state index contributed by atoms with van der Waals surface area (Å²) in [5, 5.41) is 20.2. The number of allylic oxidation sites excluding steroid dienone is 2. The molecule has 0 radical (unpaired) electrons. The minimum Gasteiger partial charge on any atom is -0.462 e. The van der Waals surface area contributed by atoms with Crippen molar-refractivity contribution in [3.8, 4) is 0 Å². The monoisotopic (exact) mass is 786 g/mol. The molecule has 56 heavy (non-hydrogen) atoms. The van der Waals surface area contributed by atoms with Gasteiger partial charge >= 0.3 is 5.97 Å². The van der Waals surface area contributed by atoms with Gasteiger partial charge in [-0.3, -0.25) is 4.79 Å². The Bertz CT molecular complexity index is 1490. The maximum absolute atomic E-state index is 14.2. The molecule has 5 heterocycles. The van der Waals surface area contributed by atoms with Crippen LogP contribution in [-0.2, 0) is 47.4 Å². The normalized spacial score (nSPS) is 44.8. The molecule has 0 saturated carbocycles. The standard InChI is InChI=1S/C44H66O12/c1-9-25(2)40-28(5)15-16-44(56-40)22-33-20-32(55-44)14-13-27(4)39(54-36-21-35(48-8)41(30(7)52-36)51-24-49-18-17-45)26(3)11-10-12-31-23-50-42-37(31)34(43(47)53-33)19-29(6)38(42)46/h10-13,15-16,19,25-26,28,30,32-42,45-46H,9,14,17-18,20-24H2,1-8H3/b11-10+,27-13+,31-12+/t25?,26-,28-,30?,32?,33?,34+,35?,36-,37?,38?,39-,40?,41-,42?,44?/m0/s1. The van der Waals surface area contributed by atoms with E-state index in [2.05, 4.69) is 52.8 Å². The summed E-state index contributed by atoms with van der Waals surface area (Å²) < 4.78 is 56.8. The van der Waals surface area contributed by atoms with Crippen LogP contribution >= 0.6 is 0 Å². The van der Waals surface area contributed by atoms with Gasteiger partial charge in [-0.25, -0.2) is 0 Å². The molecule has 1 aliphatic carbocycles. The molecule has 0 aromatic heterocycles. The summed E-state index contributed by atoms with van der Waals surface area (Å²) in [5.41, 5.74) is 2.67. The fourth-order valence-electron chi connectivity index (χ4n) is 9.34. The van der Waals surface area contributed by atoms with Gasteiger partial charge in [-0.2, -0.15) is 0 Å². The lowest BCUT2D eigenvalue weighted by Crippen LogP contribution is -2.53. The van der Waals surface area contributed by atoms with Crippen molar-refractivity contribution in [3.63, 3.8) is 0 Å². The molecule has 16 atom stereocenters. The fraction of sp³-hybridized carbons (Fsp3) is 0.750. The third kappa shape index (κ3) is 9.79. The number of aliphatic hydroxyl groups is 2. The third-order valence-corrected chi connectivity index (χ3v) is 12.7. The van der Waals surface area contributed by atoms with Crippen molar-refractivity contribution in [2.24, 2.45) is 29.6 Å². The smallest absolute Gasteiger partial charge is 0.313 e. The van der Waals surface area contributed by atoms with Crippen LogP contribution in [0.15, 0.2) is 59.3 Å². The quantitative estimate of drug-likeness (QED) is 0.121. The predicted octanol–water partition coefficient (Wildman–Crippen LogP) is 5.72. The van der Waals surface area contributed by atoms with Gasteiger partial charge in [-0.1, -0.05) is 70.6 Å². The van der Waals surface area contributed by atoms with Crippen molar-refractivity contribution in [1.82, 2.24) is 0 Å². The molecular formula is C44H66O12. The SMILES string of the molecule is CCC(C)C1OC2(C=C[C@@H]1C)CC1CC(C/C=C(\C)[C@@H](O[C@H]3CC(OC)[C@@H](OCOCCO)C(C)O3)[C@@H](C)/C=C/C=C3\COC4C(O)C(C)=C[C@@H](C(=O)O1)C34)O2. The van der Waals surface area contributed by atoms with Crippen LogP contribution in [0.1, 0.15) is 80.6 Å². The highest BCUT2D eigenvalue weighted by molar-refractivity contribution is 5.76. The summed E-state index contributed by atoms with van der Waals surface area (Å²) in [5.74, 6) is -1.86. The maximum atomic E-state index is 14.2. The van der Waals surface area contributed by atoms with E-state index in [9.17, 15) is 9.90 Å². The summed E-state index contributed by atoms with van der Waals surface area (Å²) in [4.78, 5) is 14.2. The zero-order valence-corrected chi connectivity index (χ0v) is 34.5. The molecule has 1 spiro atoms. The number of hydrogen-bond acceptors (Lipinski definition) is 12. The molecule has 12 nitrogen and oxygen atoms in total. The maximum Gasteiger partial charge on any atom is 0.313 e. The van der Waals surface area contributed by atoms with Gasteiger partial charge in [0.25, 0.3) is 0 Å². The Labute approximate surface area is 333 Å². The lowest BCUT2D eigenvalue weighted by molar-refractivity contribution is -0.300. The highest BCUT2D eigenvalue weighted by Gasteiger charge is 2.51. The number of rotatable bonds is 10. The van der Waals surface area contributed by atoms with Crippen molar-refractivity contribution in [1.29, 1.82) is 0 Å². The largest absolute Gasteiger partial charge is 0.462 e. The number of hydrogen-bond donors (Lipinski definition) is 2. The van der Waals surface area contributed by atoms with Crippen molar-refractivity contribution in [3.05, 3.63) is 59.3 Å². The van der Waals surface area contributed by atoms with E-state index in [0.717, 1.165) is 17.6 Å². The Morgan fingerprint density at radius 3 is 2.61 bits per heavy atom. The third-order valence-electron chi connectivity index (χ3n) is 12.7. The van der Waals surface area contributed by atoms with Crippen LogP contribution in [0.3, 0.4) is 0 Å². The van der Waals surface area contributed by atoms with E-state index >= 15 is 0 Å². The molecular weight excluding hydrogens is 720 g/mol. The van der Waals surface area contributed by atoms with Crippen LogP contribution in [0.5, 0.6) is 0 Å². The summed E-state index contributed by atoms with van der Waals surface area (Å²) in [7, 11) is 1.66. The number of esters is 1. The number of aliphatic hydroxyl groups excluding tert-OH is 2. The number of carbonyl (C=O) groups excluding carboxylic acids is 1. The first-order chi connectivity index (χ1) is 26.9. The molecule has 10 unspecified atom stereocenters. The van der Waals surface area contributed by atoms with Crippen molar-refractivity contribution in [2.75, 3.05) is 33.7 Å². The van der Waals surface area contributed by atoms with E-state index in [1.165, 1.54) is 0 Å². The number of fused-ring (bicyclic) bond motifs is 2. The second-order valence-electron chi connectivity index (χ2n) is 16.8. The first kappa shape index (κ1) is 43.4. The van der Waals surface area contributed by atoms with Gasteiger partial charge in [0.15, 0.2) is 12.1 Å². The second-order valence-corrected chi connectivity index (χ2v) is 16.8. The van der Waals surface area contributed by atoms with Crippen LogP contribution in [-0.4, -0.2) is 117 Å². The molecule has 6 aliphatic rings. The Balaban J connectivity index is 1.31. The van der Waals surface area contributed by atoms with Gasteiger partial charge < -0.3 is 52.8 Å². The van der Waals surface area contributed by atoms with Gasteiger partial charge in [0.2, 0.25) is 0 Å². The zero-order chi connectivity index (χ0) is 40.1. The first-order valence-electron chi connectivity index (χ1n) is 20.8. The molecule has 3 saturated heterocycles. The van der Waals surface area contributed by atoms with E-state index in [1.807, 2.05) is 38.2 Å². The highest BCUT2D eigenvalue weighted by atomic mass is 16.7. The minimum atomic E-state index is -1.03. The Morgan fingerprint density at radius 2 is 1.86 bits per heavy atom. The average molecular weight is 787 g/mol. The van der Waals surface area contributed by atoms with Gasteiger partial charge in [0.05, 0.1) is 62.4 Å². The Morgan fingerprint density at radius 1 is 1.05 bits per heavy atom. The number of methoxy groups -OCH3 is 1. The lowest BCUT2D eigenvalue weighted by Gasteiger charge is -2.48. The molecule has 6 rings (SSSR count). The summed E-state index contributed by atoms with van der Waals surface area (Å²) in [6.07, 6.45) is 13.2. The van der Waals surface area contributed by atoms with Crippen molar-refractivity contribution < 1.29 is 57.6 Å². The minimum absolute atomic E-state index is 0.0249. The molecule has 12 heteroatoms. The van der Waals surface area contributed by atoms with E-state index in [-0.39, 0.29) is 80.4 Å². The molecule has 3 fully saturated rings. The average Bonchev–Trinajstić information content (AvgIpc) is 3.60. The van der Waals surface area contributed by atoms with Crippen LogP contribution in [0.4, 0.5) is 0 Å². The van der Waals surface area contributed by atoms with E-state index in [4.69, 9.17) is 47.7 Å². The van der Waals surface area contributed by atoms with E-state index in [1.54, 1.807) is 7.11 Å². The predicted molar refractivity (Wildman–Crippen MR) is 208 cm³/mol. The van der Waals surface area contributed by atoms with E-state index < -0.39 is 36.3 Å². The molecule has 2 N–H and O–H groups in total. The fourth-order valence-corrected chi connectivity index (χ4v) is 9.34. The van der Waals surface area contributed by atoms with Crippen LogP contribution in [0.2, 0.25) is 0 Å². The molecule has 0 aromatic rings. The second kappa shape index (κ2) is 19.2. The van der Waals surface area contributed by atoms with E-state index in [0.29, 0.717) is 43.8 Å². The van der Waals surface area contributed by atoms with Crippen LogP contribution in [0.25, 0.3) is 0 Å². The molecule has 5 aliphatic heterocycles. The topological polar surface area (TPSA) is 141 Å². The van der Waals surface area contributed by atoms with Gasteiger partial charge in [0, 0.05) is 44.1 Å². The lowest BCUT2D eigenvalue weighted by atomic mass is 9.75. The van der Waals surface area contributed by atoms with Gasteiger partial charge in [-0.05, 0) is 55.9 Å². The highest BCUT2D eigenvalue weighted by Crippen LogP contribution is 2.45. The molecule has 314 valence electrons. The first-order valence-corrected chi connectivity index (χ1v) is 20.8. The summed E-state index contributed by atoms with van der Waals surface area (Å²) >= 11 is 0. The number of carbonyl (C=O) groups is 1.